The molecule has 1 aliphatic rings. The molecule has 0 saturated carbocycles. The molecular formula is C21H26O3. The minimum atomic E-state index is -1.04. The highest BCUT2D eigenvalue weighted by molar-refractivity contribution is 5.16. The molecule has 3 nitrogen and oxygen atoms in total. The highest BCUT2D eigenvalue weighted by Gasteiger charge is 2.35. The van der Waals surface area contributed by atoms with E-state index in [0.29, 0.717) is 26.1 Å². The summed E-state index contributed by atoms with van der Waals surface area (Å²) in [7, 11) is 0. The van der Waals surface area contributed by atoms with E-state index >= 15 is 0 Å². The molecule has 1 saturated heterocycles. The van der Waals surface area contributed by atoms with E-state index in [9.17, 15) is 5.11 Å². The van der Waals surface area contributed by atoms with Crippen molar-refractivity contribution in [1.29, 1.82) is 0 Å². The van der Waals surface area contributed by atoms with Crippen LogP contribution in [0.2, 0.25) is 0 Å². The molecule has 2 aromatic rings. The normalized spacial score (nSPS) is 24.0. The SMILES string of the molecule is O[C@]1(Cc2ccccc2)CCC[C@@H](CCOCc2ccccc2)O1. The molecule has 2 aromatic carbocycles. The van der Waals surface area contributed by atoms with Crippen molar-refractivity contribution in [3.05, 3.63) is 71.8 Å². The first-order chi connectivity index (χ1) is 11.7. The maximum absolute atomic E-state index is 10.8. The second kappa shape index (κ2) is 8.43. The zero-order chi connectivity index (χ0) is 16.7. The van der Waals surface area contributed by atoms with Gasteiger partial charge in [0.05, 0.1) is 12.7 Å². The molecule has 3 heteroatoms. The van der Waals surface area contributed by atoms with E-state index in [1.807, 2.05) is 48.5 Å². The van der Waals surface area contributed by atoms with Crippen LogP contribution in [0.5, 0.6) is 0 Å². The molecule has 0 unspecified atom stereocenters. The molecule has 0 radical (unpaired) electrons. The van der Waals surface area contributed by atoms with Crippen LogP contribution in [-0.2, 0) is 22.5 Å². The van der Waals surface area contributed by atoms with Crippen molar-refractivity contribution in [1.82, 2.24) is 0 Å². The fraction of sp³-hybridized carbons (Fsp3) is 0.429. The molecule has 1 N–H and O–H groups in total. The Balaban J connectivity index is 1.43. The lowest BCUT2D eigenvalue weighted by Gasteiger charge is -2.37. The maximum atomic E-state index is 10.8. The van der Waals surface area contributed by atoms with E-state index in [-0.39, 0.29) is 6.10 Å². The van der Waals surface area contributed by atoms with Gasteiger partial charge in [0.25, 0.3) is 0 Å². The minimum Gasteiger partial charge on any atom is -0.377 e. The van der Waals surface area contributed by atoms with Gasteiger partial charge in [-0.05, 0) is 30.4 Å². The molecule has 0 amide bonds. The summed E-state index contributed by atoms with van der Waals surface area (Å²) in [5.41, 5.74) is 2.30. The lowest BCUT2D eigenvalue weighted by molar-refractivity contribution is -0.254. The van der Waals surface area contributed by atoms with Crippen LogP contribution < -0.4 is 0 Å². The van der Waals surface area contributed by atoms with Gasteiger partial charge in [-0.3, -0.25) is 0 Å². The fourth-order valence-electron chi connectivity index (χ4n) is 3.26. The Labute approximate surface area is 144 Å². The second-order valence-electron chi connectivity index (χ2n) is 6.57. The van der Waals surface area contributed by atoms with Gasteiger partial charge in [-0.2, -0.15) is 0 Å². The van der Waals surface area contributed by atoms with E-state index in [1.54, 1.807) is 0 Å². The molecule has 1 fully saturated rings. The average molecular weight is 326 g/mol. The van der Waals surface area contributed by atoms with Crippen molar-refractivity contribution in [2.75, 3.05) is 6.61 Å². The molecule has 3 rings (SSSR count). The third-order valence-corrected chi connectivity index (χ3v) is 4.50. The van der Waals surface area contributed by atoms with Crippen LogP contribution in [0, 0.1) is 0 Å². The van der Waals surface area contributed by atoms with E-state index in [4.69, 9.17) is 9.47 Å². The monoisotopic (exact) mass is 326 g/mol. The van der Waals surface area contributed by atoms with Crippen LogP contribution >= 0.6 is 0 Å². The number of hydrogen-bond acceptors (Lipinski definition) is 3. The quantitative estimate of drug-likeness (QED) is 0.779. The van der Waals surface area contributed by atoms with Gasteiger partial charge in [-0.25, -0.2) is 0 Å². The Hall–Kier alpha value is -1.68. The molecule has 0 aliphatic carbocycles. The summed E-state index contributed by atoms with van der Waals surface area (Å²) in [6, 6.07) is 20.2. The van der Waals surface area contributed by atoms with Gasteiger partial charge in [0.1, 0.15) is 0 Å². The van der Waals surface area contributed by atoms with Gasteiger partial charge in [-0.1, -0.05) is 60.7 Å². The third kappa shape index (κ3) is 5.17. The standard InChI is InChI=1S/C21H26O3/c22-21(16-18-8-3-1-4-9-18)14-7-12-20(24-21)13-15-23-17-19-10-5-2-6-11-19/h1-6,8-11,20,22H,7,12-17H2/t20-,21+/m0/s1. The molecule has 128 valence electrons. The first-order valence-corrected chi connectivity index (χ1v) is 8.79. The predicted octanol–water partition coefficient (Wildman–Crippen LogP) is 4.09. The maximum Gasteiger partial charge on any atom is 0.169 e. The molecule has 0 bridgehead atoms. The number of rotatable bonds is 7. The summed E-state index contributed by atoms with van der Waals surface area (Å²) in [4.78, 5) is 0. The van der Waals surface area contributed by atoms with E-state index < -0.39 is 5.79 Å². The Morgan fingerprint density at radius 3 is 2.38 bits per heavy atom. The van der Waals surface area contributed by atoms with Crippen molar-refractivity contribution in [2.45, 2.75) is 50.6 Å². The fourth-order valence-corrected chi connectivity index (χ4v) is 3.26. The largest absolute Gasteiger partial charge is 0.377 e. The van der Waals surface area contributed by atoms with Crippen LogP contribution in [0.15, 0.2) is 60.7 Å². The lowest BCUT2D eigenvalue weighted by Crippen LogP contribution is -2.42. The molecule has 1 heterocycles. The first kappa shape index (κ1) is 17.2. The summed E-state index contributed by atoms with van der Waals surface area (Å²) in [5.74, 6) is -1.04. The molecule has 0 aromatic heterocycles. The Bertz CT molecular complexity index is 599. The predicted molar refractivity (Wildman–Crippen MR) is 94.5 cm³/mol. The van der Waals surface area contributed by atoms with Crippen LogP contribution in [0.1, 0.15) is 36.8 Å². The zero-order valence-electron chi connectivity index (χ0n) is 14.1. The van der Waals surface area contributed by atoms with Crippen LogP contribution in [0.25, 0.3) is 0 Å². The van der Waals surface area contributed by atoms with Crippen molar-refractivity contribution in [3.8, 4) is 0 Å². The van der Waals surface area contributed by atoms with Crippen molar-refractivity contribution in [3.63, 3.8) is 0 Å². The van der Waals surface area contributed by atoms with Gasteiger partial charge in [-0.15, -0.1) is 0 Å². The Morgan fingerprint density at radius 2 is 1.67 bits per heavy atom. The average Bonchev–Trinajstić information content (AvgIpc) is 2.60. The smallest absolute Gasteiger partial charge is 0.169 e. The second-order valence-corrected chi connectivity index (χ2v) is 6.57. The van der Waals surface area contributed by atoms with Gasteiger partial charge in [0.2, 0.25) is 0 Å². The van der Waals surface area contributed by atoms with Crippen molar-refractivity contribution >= 4 is 0 Å². The Morgan fingerprint density at radius 1 is 1.00 bits per heavy atom. The minimum absolute atomic E-state index is 0.0724. The van der Waals surface area contributed by atoms with Gasteiger partial charge < -0.3 is 14.6 Å². The van der Waals surface area contributed by atoms with Crippen LogP contribution in [0.3, 0.4) is 0 Å². The lowest BCUT2D eigenvalue weighted by atomic mass is 9.94. The van der Waals surface area contributed by atoms with E-state index in [1.165, 1.54) is 5.56 Å². The summed E-state index contributed by atoms with van der Waals surface area (Å²) in [6.45, 7) is 1.28. The summed E-state index contributed by atoms with van der Waals surface area (Å²) in [6.07, 6.45) is 4.13. The van der Waals surface area contributed by atoms with Crippen molar-refractivity contribution < 1.29 is 14.6 Å². The first-order valence-electron chi connectivity index (χ1n) is 8.79. The highest BCUT2D eigenvalue weighted by atomic mass is 16.6. The molecular weight excluding hydrogens is 300 g/mol. The zero-order valence-corrected chi connectivity index (χ0v) is 14.1. The molecule has 1 aliphatic heterocycles. The van der Waals surface area contributed by atoms with Crippen molar-refractivity contribution in [2.24, 2.45) is 0 Å². The topological polar surface area (TPSA) is 38.7 Å². The number of benzene rings is 2. The summed E-state index contributed by atoms with van der Waals surface area (Å²) < 4.78 is 11.8. The molecule has 2 atom stereocenters. The molecule has 0 spiro atoms. The van der Waals surface area contributed by atoms with Gasteiger partial charge >= 0.3 is 0 Å². The van der Waals surface area contributed by atoms with Gasteiger partial charge in [0.15, 0.2) is 5.79 Å². The van der Waals surface area contributed by atoms with Crippen LogP contribution in [0.4, 0.5) is 0 Å². The van der Waals surface area contributed by atoms with E-state index in [2.05, 4.69) is 12.1 Å². The highest BCUT2D eigenvalue weighted by Crippen LogP contribution is 2.31. The van der Waals surface area contributed by atoms with Crippen LogP contribution in [-0.4, -0.2) is 23.6 Å². The third-order valence-electron chi connectivity index (χ3n) is 4.50. The number of aliphatic hydroxyl groups is 1. The Kier molecular flexibility index (Phi) is 6.02. The van der Waals surface area contributed by atoms with E-state index in [0.717, 1.165) is 24.8 Å². The molecule has 24 heavy (non-hydrogen) atoms. The van der Waals surface area contributed by atoms with Gasteiger partial charge in [0, 0.05) is 19.4 Å². The summed E-state index contributed by atoms with van der Waals surface area (Å²) >= 11 is 0. The summed E-state index contributed by atoms with van der Waals surface area (Å²) in [5, 5.41) is 10.8. The number of ether oxygens (including phenoxy) is 2. The number of hydrogen-bond donors (Lipinski definition) is 1.